The first-order chi connectivity index (χ1) is 7.67. The molecule has 0 N–H and O–H groups in total. The summed E-state index contributed by atoms with van der Waals surface area (Å²) in [6.45, 7) is 2.45. The molecule has 1 aliphatic heterocycles. The molecule has 2 aliphatic rings. The summed E-state index contributed by atoms with van der Waals surface area (Å²) in [7, 11) is 1.67. The van der Waals surface area contributed by atoms with E-state index in [1.807, 2.05) is 6.92 Å². The molecule has 1 aliphatic carbocycles. The van der Waals surface area contributed by atoms with Crippen LogP contribution in [0.2, 0.25) is 0 Å². The van der Waals surface area contributed by atoms with Crippen molar-refractivity contribution in [3.05, 3.63) is 22.8 Å². The minimum atomic E-state index is -0.0304. The summed E-state index contributed by atoms with van der Waals surface area (Å²) in [6, 6.07) is 0. The van der Waals surface area contributed by atoms with Crippen molar-refractivity contribution in [1.29, 1.82) is 0 Å². The number of nitrogens with zero attached hydrogens (tertiary/aromatic N) is 2. The lowest BCUT2D eigenvalue weighted by molar-refractivity contribution is -0.121. The van der Waals surface area contributed by atoms with Crippen LogP contribution < -0.4 is 0 Å². The molecule has 0 radical (unpaired) electrons. The van der Waals surface area contributed by atoms with Crippen LogP contribution in [0, 0.1) is 0 Å². The normalized spacial score (nSPS) is 21.1. The summed E-state index contributed by atoms with van der Waals surface area (Å²) in [5.74, 6) is 0.692. The van der Waals surface area contributed by atoms with Gasteiger partial charge in [0.2, 0.25) is 0 Å². The Balaban J connectivity index is 2.30. The first-order valence-corrected chi connectivity index (χ1v) is 5.30. The quantitative estimate of drug-likeness (QED) is 0.376. The Hall–Kier alpha value is -1.71. The van der Waals surface area contributed by atoms with Crippen molar-refractivity contribution >= 4 is 18.0 Å². The molecule has 0 spiro atoms. The highest BCUT2D eigenvalue weighted by molar-refractivity contribution is 6.10. The Bertz CT molecular complexity index is 444. The summed E-state index contributed by atoms with van der Waals surface area (Å²) in [5, 5.41) is 0. The van der Waals surface area contributed by atoms with Crippen molar-refractivity contribution in [2.24, 2.45) is 4.99 Å². The second-order valence-corrected chi connectivity index (χ2v) is 4.02. The second-order valence-electron chi connectivity index (χ2n) is 4.02. The lowest BCUT2D eigenvalue weighted by atomic mass is 9.95. The molecular weight excluding hydrogens is 204 g/mol. The fourth-order valence-electron chi connectivity index (χ4n) is 2.05. The minimum Gasteiger partial charge on any atom is -0.298 e. The van der Waals surface area contributed by atoms with E-state index in [0.29, 0.717) is 17.7 Å². The molecule has 1 amide bonds. The zero-order valence-electron chi connectivity index (χ0n) is 9.49. The molecule has 0 aromatic heterocycles. The van der Waals surface area contributed by atoms with E-state index >= 15 is 0 Å². The third kappa shape index (κ3) is 1.60. The van der Waals surface area contributed by atoms with Gasteiger partial charge in [-0.3, -0.25) is 19.5 Å². The van der Waals surface area contributed by atoms with Crippen molar-refractivity contribution in [3.63, 3.8) is 0 Å². The number of carbonyl (C=O) groups excluding carboxylic acids is 2. The Morgan fingerprint density at radius 3 is 2.88 bits per heavy atom. The number of aliphatic imine (C=N–C) groups is 1. The summed E-state index contributed by atoms with van der Waals surface area (Å²) in [4.78, 5) is 28.4. The average Bonchev–Trinajstić information content (AvgIpc) is 2.65. The molecule has 0 aromatic rings. The molecule has 4 heteroatoms. The highest BCUT2D eigenvalue weighted by Crippen LogP contribution is 2.30. The van der Waals surface area contributed by atoms with Gasteiger partial charge in [0.15, 0.2) is 0 Å². The number of allylic oxidation sites excluding steroid dienone is 1. The predicted octanol–water partition coefficient (Wildman–Crippen LogP) is 1.09. The first kappa shape index (κ1) is 10.8. The average molecular weight is 218 g/mol. The lowest BCUT2D eigenvalue weighted by Gasteiger charge is -2.15. The summed E-state index contributed by atoms with van der Waals surface area (Å²) in [5.41, 5.74) is 2.52. The van der Waals surface area contributed by atoms with E-state index in [1.165, 1.54) is 0 Å². The monoisotopic (exact) mass is 218 g/mol. The molecule has 0 aromatic carbocycles. The predicted molar refractivity (Wildman–Crippen MR) is 61.2 cm³/mol. The van der Waals surface area contributed by atoms with Gasteiger partial charge in [-0.1, -0.05) is 0 Å². The van der Waals surface area contributed by atoms with E-state index in [9.17, 15) is 9.59 Å². The minimum absolute atomic E-state index is 0.0304. The molecule has 1 heterocycles. The number of amides is 1. The molecule has 0 saturated heterocycles. The maximum Gasteiger partial charge on any atom is 0.259 e. The second kappa shape index (κ2) is 4.04. The van der Waals surface area contributed by atoms with Crippen LogP contribution in [0.4, 0.5) is 0 Å². The molecule has 16 heavy (non-hydrogen) atoms. The topological polar surface area (TPSA) is 49.7 Å². The summed E-state index contributed by atoms with van der Waals surface area (Å²) >= 11 is 0. The van der Waals surface area contributed by atoms with Gasteiger partial charge in [-0.2, -0.15) is 0 Å². The van der Waals surface area contributed by atoms with E-state index < -0.39 is 0 Å². The van der Waals surface area contributed by atoms with Crippen LogP contribution in [0.15, 0.2) is 27.8 Å². The van der Waals surface area contributed by atoms with Gasteiger partial charge in [-0.05, 0) is 37.0 Å². The van der Waals surface area contributed by atoms with Crippen molar-refractivity contribution in [3.8, 4) is 0 Å². The number of rotatable bonds is 1. The Labute approximate surface area is 94.3 Å². The maximum absolute atomic E-state index is 12.0. The SMILES string of the molecule is CN=C(C)N1CC2=C(C=C(C=O)CC2)C1=O. The fourth-order valence-corrected chi connectivity index (χ4v) is 2.05. The zero-order chi connectivity index (χ0) is 11.7. The lowest BCUT2D eigenvalue weighted by Crippen LogP contribution is -2.31. The molecule has 0 saturated carbocycles. The van der Waals surface area contributed by atoms with E-state index in [4.69, 9.17) is 0 Å². The molecule has 0 atom stereocenters. The maximum atomic E-state index is 12.0. The van der Waals surface area contributed by atoms with Crippen LogP contribution in [0.1, 0.15) is 19.8 Å². The first-order valence-electron chi connectivity index (χ1n) is 5.30. The van der Waals surface area contributed by atoms with Crippen LogP contribution in [0.5, 0.6) is 0 Å². The molecule has 0 unspecified atom stereocenters. The number of hydrogen-bond donors (Lipinski definition) is 0. The highest BCUT2D eigenvalue weighted by Gasteiger charge is 2.32. The van der Waals surface area contributed by atoms with E-state index in [0.717, 1.165) is 30.5 Å². The number of amidine groups is 1. The van der Waals surface area contributed by atoms with Crippen molar-refractivity contribution in [2.45, 2.75) is 19.8 Å². The molecular formula is C12H14N2O2. The van der Waals surface area contributed by atoms with Crippen LogP contribution >= 0.6 is 0 Å². The smallest absolute Gasteiger partial charge is 0.259 e. The zero-order valence-corrected chi connectivity index (χ0v) is 9.49. The van der Waals surface area contributed by atoms with Crippen LogP contribution in [0.3, 0.4) is 0 Å². The van der Waals surface area contributed by atoms with E-state index in [-0.39, 0.29) is 5.91 Å². The van der Waals surface area contributed by atoms with Gasteiger partial charge in [-0.25, -0.2) is 0 Å². The van der Waals surface area contributed by atoms with E-state index in [1.54, 1.807) is 18.0 Å². The van der Waals surface area contributed by atoms with Gasteiger partial charge in [0.1, 0.15) is 12.1 Å². The van der Waals surface area contributed by atoms with Gasteiger partial charge in [-0.15, -0.1) is 0 Å². The van der Waals surface area contributed by atoms with Crippen LogP contribution in [-0.4, -0.2) is 36.5 Å². The molecule has 84 valence electrons. The molecule has 2 rings (SSSR count). The Morgan fingerprint density at radius 2 is 2.25 bits per heavy atom. The number of carbonyl (C=O) groups is 2. The van der Waals surface area contributed by atoms with Gasteiger partial charge < -0.3 is 0 Å². The Morgan fingerprint density at radius 1 is 1.50 bits per heavy atom. The summed E-state index contributed by atoms with van der Waals surface area (Å²) in [6.07, 6.45) is 4.10. The standard InChI is InChI=1S/C12H14N2O2/c1-8(13-2)14-6-10-4-3-9(7-15)5-11(10)12(14)16/h5,7H,3-4,6H2,1-2H3. The summed E-state index contributed by atoms with van der Waals surface area (Å²) < 4.78 is 0. The molecule has 0 fully saturated rings. The van der Waals surface area contributed by atoms with Crippen molar-refractivity contribution in [2.75, 3.05) is 13.6 Å². The van der Waals surface area contributed by atoms with Crippen LogP contribution in [-0.2, 0) is 9.59 Å². The third-order valence-electron chi connectivity index (χ3n) is 3.12. The molecule has 4 nitrogen and oxygen atoms in total. The van der Waals surface area contributed by atoms with Gasteiger partial charge in [0.25, 0.3) is 5.91 Å². The van der Waals surface area contributed by atoms with Gasteiger partial charge in [0, 0.05) is 19.2 Å². The largest absolute Gasteiger partial charge is 0.298 e. The van der Waals surface area contributed by atoms with Crippen molar-refractivity contribution < 1.29 is 9.59 Å². The number of aldehydes is 1. The van der Waals surface area contributed by atoms with Crippen LogP contribution in [0.25, 0.3) is 0 Å². The van der Waals surface area contributed by atoms with Gasteiger partial charge >= 0.3 is 0 Å². The third-order valence-corrected chi connectivity index (χ3v) is 3.12. The van der Waals surface area contributed by atoms with Gasteiger partial charge in [0.05, 0.1) is 0 Å². The van der Waals surface area contributed by atoms with E-state index in [2.05, 4.69) is 4.99 Å². The van der Waals surface area contributed by atoms with Crippen molar-refractivity contribution in [1.82, 2.24) is 4.90 Å². The molecule has 0 bridgehead atoms. The fraction of sp³-hybridized carbons (Fsp3) is 0.417. The number of hydrogen-bond acceptors (Lipinski definition) is 3. The Kier molecular flexibility index (Phi) is 2.73. The highest BCUT2D eigenvalue weighted by atomic mass is 16.2.